The predicted octanol–water partition coefficient (Wildman–Crippen LogP) is 1.98. The third-order valence-electron chi connectivity index (χ3n) is 3.76. The smallest absolute Gasteiger partial charge is 0.0436 e. The third-order valence-corrected chi connectivity index (χ3v) is 3.76. The summed E-state index contributed by atoms with van der Waals surface area (Å²) in [5, 5.41) is 12.6. The molecule has 1 atom stereocenters. The topological polar surface area (TPSA) is 32.3 Å². The van der Waals surface area contributed by atoms with E-state index in [2.05, 4.69) is 35.6 Å². The number of hydrogen-bond acceptors (Lipinski definition) is 2. The Kier molecular flexibility index (Phi) is 3.97. The molecule has 0 saturated carbocycles. The van der Waals surface area contributed by atoms with E-state index in [1.807, 2.05) is 0 Å². The lowest BCUT2D eigenvalue weighted by molar-refractivity contribution is 0.186. The molecule has 1 aromatic rings. The van der Waals surface area contributed by atoms with Crippen LogP contribution in [0.25, 0.3) is 0 Å². The summed E-state index contributed by atoms with van der Waals surface area (Å²) in [6, 6.07) is 10.6. The molecule has 0 aliphatic carbocycles. The zero-order valence-corrected chi connectivity index (χ0v) is 9.78. The Hall–Kier alpha value is -0.860. The molecular formula is C14H21NO. The van der Waals surface area contributed by atoms with E-state index in [0.29, 0.717) is 12.0 Å². The summed E-state index contributed by atoms with van der Waals surface area (Å²) in [6.45, 7) is 2.49. The second-order valence-electron chi connectivity index (χ2n) is 4.89. The molecule has 1 unspecified atom stereocenters. The van der Waals surface area contributed by atoms with Gasteiger partial charge in [0.1, 0.15) is 0 Å². The van der Waals surface area contributed by atoms with E-state index < -0.39 is 0 Å². The minimum absolute atomic E-state index is 0.316. The number of aliphatic hydroxyl groups is 1. The molecule has 1 saturated heterocycles. The summed E-state index contributed by atoms with van der Waals surface area (Å²) in [5.41, 5.74) is 1.75. The van der Waals surface area contributed by atoms with Gasteiger partial charge in [-0.25, -0.2) is 0 Å². The minimum Gasteiger partial charge on any atom is -0.396 e. The van der Waals surface area contributed by atoms with Crippen LogP contribution in [-0.4, -0.2) is 24.8 Å². The van der Waals surface area contributed by atoms with Gasteiger partial charge in [0.25, 0.3) is 0 Å². The molecule has 16 heavy (non-hydrogen) atoms. The first-order valence-electron chi connectivity index (χ1n) is 6.20. The number of aryl methyl sites for hydroxylation is 1. The highest BCUT2D eigenvalue weighted by Crippen LogP contribution is 2.34. The van der Waals surface area contributed by atoms with Gasteiger partial charge in [-0.3, -0.25) is 0 Å². The Balaban J connectivity index is 1.92. The normalized spacial score (nSPS) is 24.8. The molecule has 88 valence electrons. The molecule has 1 aliphatic rings. The van der Waals surface area contributed by atoms with Crippen LogP contribution in [0, 0.1) is 5.41 Å². The van der Waals surface area contributed by atoms with Crippen molar-refractivity contribution in [1.82, 2.24) is 5.32 Å². The van der Waals surface area contributed by atoms with Gasteiger partial charge in [0.15, 0.2) is 0 Å². The highest BCUT2D eigenvalue weighted by molar-refractivity contribution is 5.15. The van der Waals surface area contributed by atoms with Crippen LogP contribution in [0.4, 0.5) is 0 Å². The second kappa shape index (κ2) is 5.46. The van der Waals surface area contributed by atoms with Gasteiger partial charge in [0.05, 0.1) is 0 Å². The molecule has 1 fully saturated rings. The van der Waals surface area contributed by atoms with Gasteiger partial charge in [0.2, 0.25) is 0 Å². The fourth-order valence-corrected chi connectivity index (χ4v) is 2.64. The first-order chi connectivity index (χ1) is 7.85. The van der Waals surface area contributed by atoms with Gasteiger partial charge >= 0.3 is 0 Å². The lowest BCUT2D eigenvalue weighted by Crippen LogP contribution is -2.26. The van der Waals surface area contributed by atoms with E-state index >= 15 is 0 Å². The van der Waals surface area contributed by atoms with Crippen molar-refractivity contribution in [1.29, 1.82) is 0 Å². The quantitative estimate of drug-likeness (QED) is 0.793. The molecule has 1 heterocycles. The van der Waals surface area contributed by atoms with E-state index in [4.69, 9.17) is 5.11 Å². The van der Waals surface area contributed by atoms with Crippen molar-refractivity contribution in [3.05, 3.63) is 35.9 Å². The zero-order valence-electron chi connectivity index (χ0n) is 9.78. The summed E-state index contributed by atoms with van der Waals surface area (Å²) in [6.07, 6.45) is 4.46. The summed E-state index contributed by atoms with van der Waals surface area (Å²) < 4.78 is 0. The maximum Gasteiger partial charge on any atom is 0.0436 e. The summed E-state index contributed by atoms with van der Waals surface area (Å²) in [4.78, 5) is 0. The van der Waals surface area contributed by atoms with Crippen molar-refractivity contribution in [3.63, 3.8) is 0 Å². The van der Waals surface area contributed by atoms with Gasteiger partial charge in [-0.2, -0.15) is 0 Å². The van der Waals surface area contributed by atoms with Crippen molar-refractivity contribution >= 4 is 0 Å². The monoisotopic (exact) mass is 219 g/mol. The van der Waals surface area contributed by atoms with E-state index in [1.54, 1.807) is 0 Å². The lowest BCUT2D eigenvalue weighted by Gasteiger charge is -2.27. The summed E-state index contributed by atoms with van der Waals surface area (Å²) in [5.74, 6) is 0. The van der Waals surface area contributed by atoms with Gasteiger partial charge in [0, 0.05) is 13.2 Å². The molecule has 0 aromatic heterocycles. The van der Waals surface area contributed by atoms with Crippen LogP contribution in [0.15, 0.2) is 30.3 Å². The lowest BCUT2D eigenvalue weighted by atomic mass is 9.78. The van der Waals surface area contributed by atoms with Crippen LogP contribution in [0.2, 0.25) is 0 Å². The molecule has 0 amide bonds. The highest BCUT2D eigenvalue weighted by Gasteiger charge is 2.32. The van der Waals surface area contributed by atoms with Crippen molar-refractivity contribution in [2.24, 2.45) is 5.41 Å². The molecule has 2 nitrogen and oxygen atoms in total. The second-order valence-corrected chi connectivity index (χ2v) is 4.89. The van der Waals surface area contributed by atoms with E-state index in [1.165, 1.54) is 18.4 Å². The number of nitrogens with one attached hydrogen (secondary N) is 1. The molecule has 0 radical (unpaired) electrons. The number of benzene rings is 1. The van der Waals surface area contributed by atoms with Gasteiger partial charge < -0.3 is 10.4 Å². The Morgan fingerprint density at radius 2 is 2.00 bits per heavy atom. The first kappa shape index (κ1) is 11.6. The Morgan fingerprint density at radius 1 is 1.19 bits per heavy atom. The molecule has 2 heteroatoms. The molecule has 2 N–H and O–H groups in total. The third kappa shape index (κ3) is 2.83. The van der Waals surface area contributed by atoms with Crippen LogP contribution in [0.1, 0.15) is 24.8 Å². The average Bonchev–Trinajstić information content (AvgIpc) is 2.78. The summed E-state index contributed by atoms with van der Waals surface area (Å²) in [7, 11) is 0. The van der Waals surface area contributed by atoms with Gasteiger partial charge in [-0.1, -0.05) is 30.3 Å². The fourth-order valence-electron chi connectivity index (χ4n) is 2.64. The van der Waals surface area contributed by atoms with E-state index in [0.717, 1.165) is 25.9 Å². The maximum atomic E-state index is 9.16. The van der Waals surface area contributed by atoms with E-state index in [-0.39, 0.29) is 0 Å². The van der Waals surface area contributed by atoms with Crippen molar-refractivity contribution in [3.8, 4) is 0 Å². The Morgan fingerprint density at radius 3 is 2.62 bits per heavy atom. The molecule has 0 spiro atoms. The number of aliphatic hydroxyl groups excluding tert-OH is 1. The molecule has 2 rings (SSSR count). The first-order valence-corrected chi connectivity index (χ1v) is 6.20. The van der Waals surface area contributed by atoms with Crippen LogP contribution < -0.4 is 5.32 Å². The average molecular weight is 219 g/mol. The number of hydrogen-bond donors (Lipinski definition) is 2. The molecule has 1 aromatic carbocycles. The zero-order chi connectivity index (χ0) is 11.3. The molecular weight excluding hydrogens is 198 g/mol. The van der Waals surface area contributed by atoms with Gasteiger partial charge in [-0.05, 0) is 43.2 Å². The van der Waals surface area contributed by atoms with Crippen LogP contribution in [0.3, 0.4) is 0 Å². The maximum absolute atomic E-state index is 9.16. The van der Waals surface area contributed by atoms with Gasteiger partial charge in [-0.15, -0.1) is 0 Å². The van der Waals surface area contributed by atoms with Crippen LogP contribution in [0.5, 0.6) is 0 Å². The number of rotatable bonds is 5. The van der Waals surface area contributed by atoms with Crippen molar-refractivity contribution in [2.75, 3.05) is 19.7 Å². The van der Waals surface area contributed by atoms with Crippen molar-refractivity contribution < 1.29 is 5.11 Å². The standard InChI is InChI=1S/C14H21NO/c16-11-9-14(8-10-15-12-14)7-6-13-4-2-1-3-5-13/h1-5,15-16H,6-12H2. The SMILES string of the molecule is OCCC1(CCc2ccccc2)CCNC1. The summed E-state index contributed by atoms with van der Waals surface area (Å²) >= 11 is 0. The van der Waals surface area contributed by atoms with E-state index in [9.17, 15) is 0 Å². The molecule has 0 bridgehead atoms. The van der Waals surface area contributed by atoms with Crippen LogP contribution >= 0.6 is 0 Å². The van der Waals surface area contributed by atoms with Crippen LogP contribution in [-0.2, 0) is 6.42 Å². The molecule has 1 aliphatic heterocycles. The largest absolute Gasteiger partial charge is 0.396 e. The highest BCUT2D eigenvalue weighted by atomic mass is 16.3. The predicted molar refractivity (Wildman–Crippen MR) is 66.4 cm³/mol. The minimum atomic E-state index is 0.316. The van der Waals surface area contributed by atoms with Crippen molar-refractivity contribution in [2.45, 2.75) is 25.7 Å². The Bertz CT molecular complexity index is 304. The Labute approximate surface area is 97.7 Å². The fraction of sp³-hybridized carbons (Fsp3) is 0.571.